The molecule has 2 aromatic carbocycles. The van der Waals surface area contributed by atoms with E-state index in [1.165, 1.54) is 12.1 Å². The minimum absolute atomic E-state index is 0.151. The third-order valence-electron chi connectivity index (χ3n) is 4.72. The van der Waals surface area contributed by atoms with Crippen LogP contribution in [0.1, 0.15) is 37.9 Å². The lowest BCUT2D eigenvalue weighted by Gasteiger charge is -2.03. The smallest absolute Gasteiger partial charge is 0.227 e. The first-order chi connectivity index (χ1) is 14.6. The van der Waals surface area contributed by atoms with E-state index in [0.717, 1.165) is 36.1 Å². The maximum Gasteiger partial charge on any atom is 0.227 e. The molecule has 0 unspecified atom stereocenters. The molecule has 4 aromatic rings. The molecular formula is C22H22FN5O2. The number of hydrogen-bond acceptors (Lipinski definition) is 5. The van der Waals surface area contributed by atoms with E-state index in [2.05, 4.69) is 32.3 Å². The summed E-state index contributed by atoms with van der Waals surface area (Å²) in [6.45, 7) is 2.15. The maximum absolute atomic E-state index is 13.0. The van der Waals surface area contributed by atoms with E-state index in [0.29, 0.717) is 29.4 Å². The lowest BCUT2D eigenvalue weighted by Crippen LogP contribution is -2.12. The fourth-order valence-electron chi connectivity index (χ4n) is 3.12. The number of H-pyrrole nitrogens is 1. The van der Waals surface area contributed by atoms with E-state index in [-0.39, 0.29) is 18.1 Å². The van der Waals surface area contributed by atoms with Crippen molar-refractivity contribution in [2.45, 2.75) is 39.0 Å². The average Bonchev–Trinajstić information content (AvgIpc) is 3.38. The number of benzene rings is 2. The molecule has 0 saturated carbocycles. The molecule has 0 aliphatic heterocycles. The molecule has 0 aliphatic rings. The van der Waals surface area contributed by atoms with Gasteiger partial charge in [-0.3, -0.25) is 4.79 Å². The Morgan fingerprint density at radius 1 is 1.13 bits per heavy atom. The lowest BCUT2D eigenvalue weighted by molar-refractivity contribution is -0.116. The number of anilines is 1. The molecule has 0 bridgehead atoms. The third kappa shape index (κ3) is 4.71. The molecule has 0 atom stereocenters. The fourth-order valence-corrected chi connectivity index (χ4v) is 3.12. The van der Waals surface area contributed by atoms with Crippen LogP contribution in [0.25, 0.3) is 22.4 Å². The van der Waals surface area contributed by atoms with E-state index in [1.54, 1.807) is 12.1 Å². The van der Waals surface area contributed by atoms with Crippen LogP contribution in [0.3, 0.4) is 0 Å². The molecule has 1 amide bonds. The normalized spacial score (nSPS) is 11.1. The lowest BCUT2D eigenvalue weighted by atomic mass is 10.2. The molecule has 4 rings (SSSR count). The van der Waals surface area contributed by atoms with Gasteiger partial charge in [-0.2, -0.15) is 4.98 Å². The topological polar surface area (TPSA) is 96.7 Å². The Morgan fingerprint density at radius 3 is 2.77 bits per heavy atom. The second-order valence-electron chi connectivity index (χ2n) is 7.09. The monoisotopic (exact) mass is 407 g/mol. The van der Waals surface area contributed by atoms with Crippen molar-refractivity contribution in [1.29, 1.82) is 0 Å². The molecule has 0 saturated heterocycles. The van der Waals surface area contributed by atoms with Crippen molar-refractivity contribution in [2.75, 3.05) is 5.32 Å². The number of carbonyl (C=O) groups is 1. The van der Waals surface area contributed by atoms with Gasteiger partial charge in [-0.05, 0) is 48.9 Å². The Morgan fingerprint density at radius 2 is 1.97 bits per heavy atom. The van der Waals surface area contributed by atoms with Crippen molar-refractivity contribution in [3.63, 3.8) is 0 Å². The molecular weight excluding hydrogens is 385 g/mol. The number of aryl methyl sites for hydroxylation is 2. The molecule has 154 valence electrons. The molecule has 8 heteroatoms. The zero-order valence-corrected chi connectivity index (χ0v) is 16.6. The molecule has 2 N–H and O–H groups in total. The highest BCUT2D eigenvalue weighted by atomic mass is 19.1. The van der Waals surface area contributed by atoms with E-state index in [4.69, 9.17) is 4.52 Å². The maximum atomic E-state index is 13.0. The second kappa shape index (κ2) is 8.86. The summed E-state index contributed by atoms with van der Waals surface area (Å²) in [6.07, 6.45) is 3.63. The third-order valence-corrected chi connectivity index (χ3v) is 4.72. The predicted molar refractivity (Wildman–Crippen MR) is 111 cm³/mol. The van der Waals surface area contributed by atoms with Crippen LogP contribution in [-0.2, 0) is 17.6 Å². The number of carbonyl (C=O) groups excluding carboxylic acids is 1. The number of nitrogens with zero attached hydrogens (tertiary/aromatic N) is 3. The number of halogens is 1. The molecule has 7 nitrogen and oxygen atoms in total. The average molecular weight is 407 g/mol. The van der Waals surface area contributed by atoms with E-state index in [9.17, 15) is 9.18 Å². The molecule has 2 heterocycles. The number of amides is 1. The highest BCUT2D eigenvalue weighted by Crippen LogP contribution is 2.19. The number of hydrogen-bond donors (Lipinski definition) is 2. The van der Waals surface area contributed by atoms with Gasteiger partial charge in [0.2, 0.25) is 17.6 Å². The molecule has 0 spiro atoms. The number of imidazole rings is 1. The van der Waals surface area contributed by atoms with E-state index < -0.39 is 0 Å². The summed E-state index contributed by atoms with van der Waals surface area (Å²) in [6, 6.07) is 11.4. The number of nitrogens with one attached hydrogen (secondary N) is 2. The van der Waals surface area contributed by atoms with Gasteiger partial charge in [0, 0.05) is 30.5 Å². The van der Waals surface area contributed by atoms with Crippen LogP contribution in [-0.4, -0.2) is 26.0 Å². The zero-order valence-electron chi connectivity index (χ0n) is 16.6. The van der Waals surface area contributed by atoms with Gasteiger partial charge in [-0.25, -0.2) is 9.37 Å². The van der Waals surface area contributed by atoms with Crippen molar-refractivity contribution in [1.82, 2.24) is 20.1 Å². The van der Waals surface area contributed by atoms with Gasteiger partial charge in [0.25, 0.3) is 0 Å². The van der Waals surface area contributed by atoms with Gasteiger partial charge in [0.05, 0.1) is 11.0 Å². The molecule has 0 radical (unpaired) electrons. The van der Waals surface area contributed by atoms with Crippen LogP contribution >= 0.6 is 0 Å². The molecule has 2 aromatic heterocycles. The second-order valence-corrected chi connectivity index (χ2v) is 7.09. The molecule has 0 fully saturated rings. The minimum atomic E-state index is -0.329. The predicted octanol–water partition coefficient (Wildman–Crippen LogP) is 4.67. The van der Waals surface area contributed by atoms with Crippen LogP contribution in [0, 0.1) is 5.82 Å². The van der Waals surface area contributed by atoms with Crippen molar-refractivity contribution in [3.8, 4) is 11.4 Å². The summed E-state index contributed by atoms with van der Waals surface area (Å²) in [4.78, 5) is 24.4. The van der Waals surface area contributed by atoms with E-state index >= 15 is 0 Å². The Bertz CT molecular complexity index is 1150. The SMILES string of the molecule is CCCCc1nc2ccc(NC(=O)CCc3nc(-c4ccc(F)cc4)no3)cc2[nH]1. The van der Waals surface area contributed by atoms with Gasteiger partial charge >= 0.3 is 0 Å². The van der Waals surface area contributed by atoms with Gasteiger partial charge < -0.3 is 14.8 Å². The summed E-state index contributed by atoms with van der Waals surface area (Å²) < 4.78 is 18.2. The first-order valence-corrected chi connectivity index (χ1v) is 9.98. The van der Waals surface area contributed by atoms with Gasteiger partial charge in [-0.1, -0.05) is 18.5 Å². The Kier molecular flexibility index (Phi) is 5.83. The van der Waals surface area contributed by atoms with Crippen LogP contribution in [0.4, 0.5) is 10.1 Å². The van der Waals surface area contributed by atoms with Crippen LogP contribution in [0.15, 0.2) is 47.0 Å². The van der Waals surface area contributed by atoms with Crippen molar-refractivity contribution in [2.24, 2.45) is 0 Å². The van der Waals surface area contributed by atoms with Crippen LogP contribution < -0.4 is 5.32 Å². The number of aromatic amines is 1. The largest absolute Gasteiger partial charge is 0.342 e. The first-order valence-electron chi connectivity index (χ1n) is 9.98. The highest BCUT2D eigenvalue weighted by molar-refractivity contribution is 5.93. The zero-order chi connectivity index (χ0) is 20.9. The van der Waals surface area contributed by atoms with Gasteiger partial charge in [0.15, 0.2) is 0 Å². The number of unbranched alkanes of at least 4 members (excludes halogenated alkanes) is 1. The highest BCUT2D eigenvalue weighted by Gasteiger charge is 2.12. The summed E-state index contributed by atoms with van der Waals surface area (Å²) >= 11 is 0. The Hall–Kier alpha value is -3.55. The summed E-state index contributed by atoms with van der Waals surface area (Å²) in [7, 11) is 0. The minimum Gasteiger partial charge on any atom is -0.342 e. The van der Waals surface area contributed by atoms with Crippen molar-refractivity contribution < 1.29 is 13.7 Å². The first kappa shape index (κ1) is 19.8. The van der Waals surface area contributed by atoms with Crippen molar-refractivity contribution in [3.05, 3.63) is 60.0 Å². The fraction of sp³-hybridized carbons (Fsp3) is 0.273. The molecule has 30 heavy (non-hydrogen) atoms. The number of fused-ring (bicyclic) bond motifs is 1. The van der Waals surface area contributed by atoms with Crippen molar-refractivity contribution >= 4 is 22.6 Å². The quantitative estimate of drug-likeness (QED) is 0.443. The van der Waals surface area contributed by atoms with Crippen LogP contribution in [0.2, 0.25) is 0 Å². The summed E-state index contributed by atoms with van der Waals surface area (Å²) in [5.41, 5.74) is 3.15. The Labute approximate surface area is 172 Å². The van der Waals surface area contributed by atoms with Gasteiger partial charge in [-0.15, -0.1) is 0 Å². The van der Waals surface area contributed by atoms with Gasteiger partial charge in [0.1, 0.15) is 11.6 Å². The van der Waals surface area contributed by atoms with Crippen LogP contribution in [0.5, 0.6) is 0 Å². The van der Waals surface area contributed by atoms with E-state index in [1.807, 2.05) is 18.2 Å². The summed E-state index contributed by atoms with van der Waals surface area (Å²) in [5.74, 6) is 1.21. The molecule has 0 aliphatic carbocycles. The number of aromatic nitrogens is 4. The standard InChI is InChI=1S/C22H22FN5O2/c1-2-3-4-19-25-17-10-9-16(13-18(17)26-19)24-20(29)11-12-21-27-22(28-30-21)14-5-7-15(23)8-6-14/h5-10,13H,2-4,11-12H2,1H3,(H,24,29)(H,25,26). The Balaban J connectivity index is 1.34. The number of rotatable bonds is 8. The summed E-state index contributed by atoms with van der Waals surface area (Å²) in [5, 5.41) is 6.77.